The normalized spacial score (nSPS) is 23.0. The van der Waals surface area contributed by atoms with Gasteiger partial charge < -0.3 is 70.1 Å². The summed E-state index contributed by atoms with van der Waals surface area (Å²) in [5, 5.41) is 59.8. The molecule has 2 fully saturated rings. The Kier molecular flexibility index (Phi) is 13.5. The predicted octanol–water partition coefficient (Wildman–Crippen LogP) is -1.80. The molecule has 2 saturated heterocycles. The number of nitrogens with one attached hydrogen (secondary N) is 3. The maximum absolute atomic E-state index is 13.0. The minimum atomic E-state index is -1.72. The summed E-state index contributed by atoms with van der Waals surface area (Å²) < 4.78 is 29.5. The number of fused-ring (bicyclic) bond motifs is 2. The molecule has 53 heavy (non-hydrogen) atoms. The van der Waals surface area contributed by atoms with E-state index in [-0.39, 0.29) is 32.3 Å². The molecule has 2 aliphatic rings. The fraction of sp³-hybridized carbons (Fsp3) is 0.545. The van der Waals surface area contributed by atoms with Crippen molar-refractivity contribution in [3.05, 3.63) is 42.9 Å². The minimum absolute atomic E-state index is 0.0149. The third kappa shape index (κ3) is 9.36. The third-order valence-corrected chi connectivity index (χ3v) is 8.56. The van der Waals surface area contributed by atoms with Crippen molar-refractivity contribution in [2.75, 3.05) is 57.3 Å². The second-order valence-corrected chi connectivity index (χ2v) is 12.3. The molecule has 3 amide bonds. The van der Waals surface area contributed by atoms with E-state index < -0.39 is 80.3 Å². The lowest BCUT2D eigenvalue weighted by Gasteiger charge is -2.36. The van der Waals surface area contributed by atoms with E-state index in [9.17, 15) is 39.9 Å². The maximum Gasteiger partial charge on any atom is 0.331 e. The van der Waals surface area contributed by atoms with E-state index >= 15 is 0 Å². The molecule has 4 heterocycles. The van der Waals surface area contributed by atoms with Gasteiger partial charge in [0.15, 0.2) is 24.3 Å². The van der Waals surface area contributed by atoms with E-state index in [0.717, 1.165) is 0 Å². The number of amides is 3. The van der Waals surface area contributed by atoms with Crippen molar-refractivity contribution in [2.45, 2.75) is 69.0 Å². The lowest BCUT2D eigenvalue weighted by molar-refractivity contribution is -0.273. The average Bonchev–Trinajstić information content (AvgIpc) is 3.71. The third-order valence-electron chi connectivity index (χ3n) is 8.56. The Balaban J connectivity index is 1.04. The van der Waals surface area contributed by atoms with Gasteiger partial charge in [0.05, 0.1) is 37.9 Å². The van der Waals surface area contributed by atoms with E-state index in [1.165, 1.54) is 29.6 Å². The summed E-state index contributed by atoms with van der Waals surface area (Å²) in [5.74, 6) is -0.0174. The van der Waals surface area contributed by atoms with E-state index in [0.29, 0.717) is 28.3 Å². The highest BCUT2D eigenvalue weighted by atomic mass is 16.7. The molecule has 0 saturated carbocycles. The number of nitrogens with zero attached hydrogens (tertiary/aromatic N) is 4. The predicted molar refractivity (Wildman–Crippen MR) is 184 cm³/mol. The number of aromatic nitrogens is 3. The number of rotatable bonds is 18. The van der Waals surface area contributed by atoms with Crippen molar-refractivity contribution in [1.82, 2.24) is 24.8 Å². The molecule has 2 aromatic heterocycles. The molecule has 20 heteroatoms. The first-order chi connectivity index (χ1) is 25.5. The van der Waals surface area contributed by atoms with Gasteiger partial charge in [0.25, 0.3) is 5.91 Å². The SMILES string of the molecule is CNc1ncnc2c1ccn2C(=O)Nc1ccc(OCCOCCNC(=O)C(OC(OC2C(O)C(CO)OC3C2N3C(C)=O)[C@@H](O)CO)[C@H](C)O)cc1. The van der Waals surface area contributed by atoms with Crippen LogP contribution in [0.3, 0.4) is 0 Å². The first kappa shape index (κ1) is 39.7. The number of anilines is 2. The number of aliphatic hydroxyl groups is 5. The van der Waals surface area contributed by atoms with Gasteiger partial charge in [-0.2, -0.15) is 0 Å². The molecule has 7 unspecified atom stereocenters. The van der Waals surface area contributed by atoms with Gasteiger partial charge in [-0.15, -0.1) is 0 Å². The van der Waals surface area contributed by atoms with E-state index in [4.69, 9.17) is 23.7 Å². The Morgan fingerprint density at radius 1 is 1.06 bits per heavy atom. The summed E-state index contributed by atoms with van der Waals surface area (Å²) in [7, 11) is 1.73. The Bertz CT molecular complexity index is 1690. The van der Waals surface area contributed by atoms with Gasteiger partial charge in [0, 0.05) is 32.4 Å². The quantitative estimate of drug-likeness (QED) is 0.0405. The summed E-state index contributed by atoms with van der Waals surface area (Å²) in [4.78, 5) is 47.4. The van der Waals surface area contributed by atoms with Gasteiger partial charge in [-0.3, -0.25) is 14.2 Å². The second kappa shape index (κ2) is 18.0. The van der Waals surface area contributed by atoms with Gasteiger partial charge >= 0.3 is 6.03 Å². The molecular weight excluding hydrogens is 702 g/mol. The number of hydrogen-bond acceptors (Lipinski definition) is 16. The number of carbonyl (C=O) groups excluding carboxylic acids is 3. The summed E-state index contributed by atoms with van der Waals surface area (Å²) in [5.41, 5.74) is 0.995. The largest absolute Gasteiger partial charge is 0.491 e. The van der Waals surface area contributed by atoms with Crippen LogP contribution in [-0.2, 0) is 28.5 Å². The zero-order chi connectivity index (χ0) is 38.2. The zero-order valence-electron chi connectivity index (χ0n) is 29.3. The van der Waals surface area contributed by atoms with Crippen molar-refractivity contribution in [2.24, 2.45) is 0 Å². The zero-order valence-corrected chi connectivity index (χ0v) is 29.3. The van der Waals surface area contributed by atoms with Crippen LogP contribution in [0.25, 0.3) is 11.0 Å². The highest BCUT2D eigenvalue weighted by molar-refractivity contribution is 5.99. The van der Waals surface area contributed by atoms with Crippen LogP contribution in [-0.4, -0.2) is 165 Å². The monoisotopic (exact) mass is 747 g/mol. The molecule has 2 aliphatic heterocycles. The first-order valence-corrected chi connectivity index (χ1v) is 16.9. The van der Waals surface area contributed by atoms with Crippen LogP contribution >= 0.6 is 0 Å². The Labute approximate surface area is 303 Å². The molecule has 0 radical (unpaired) electrons. The highest BCUT2D eigenvalue weighted by Crippen LogP contribution is 2.41. The van der Waals surface area contributed by atoms with Crippen LogP contribution in [0.4, 0.5) is 16.3 Å². The van der Waals surface area contributed by atoms with Crippen LogP contribution in [0, 0.1) is 0 Å². The summed E-state index contributed by atoms with van der Waals surface area (Å²) >= 11 is 0. The summed E-state index contributed by atoms with van der Waals surface area (Å²) in [6.07, 6.45) is -7.99. The Morgan fingerprint density at radius 3 is 2.47 bits per heavy atom. The van der Waals surface area contributed by atoms with Crippen LogP contribution in [0.1, 0.15) is 13.8 Å². The molecule has 20 nitrogen and oxygen atoms in total. The van der Waals surface area contributed by atoms with Gasteiger partial charge in [-0.1, -0.05) is 0 Å². The smallest absolute Gasteiger partial charge is 0.331 e. The average molecular weight is 748 g/mol. The van der Waals surface area contributed by atoms with E-state index in [2.05, 4.69) is 25.9 Å². The van der Waals surface area contributed by atoms with Crippen molar-refractivity contribution < 1.29 is 63.6 Å². The van der Waals surface area contributed by atoms with Gasteiger partial charge in [0.2, 0.25) is 5.91 Å². The summed E-state index contributed by atoms with van der Waals surface area (Å²) in [6.45, 7) is 1.55. The summed E-state index contributed by atoms with van der Waals surface area (Å²) in [6, 6.07) is 7.30. The maximum atomic E-state index is 13.0. The number of hydrogen-bond donors (Lipinski definition) is 8. The van der Waals surface area contributed by atoms with Gasteiger partial charge in [0.1, 0.15) is 55.0 Å². The highest BCUT2D eigenvalue weighted by Gasteiger charge is 2.63. The lowest BCUT2D eigenvalue weighted by Crippen LogP contribution is -2.55. The van der Waals surface area contributed by atoms with E-state index in [1.54, 1.807) is 43.6 Å². The second-order valence-electron chi connectivity index (χ2n) is 12.3. The lowest BCUT2D eigenvalue weighted by atomic mass is 10.0. The number of benzene rings is 1. The molecule has 0 bridgehead atoms. The molecule has 3 aromatic rings. The number of carbonyl (C=O) groups is 3. The first-order valence-electron chi connectivity index (χ1n) is 16.9. The fourth-order valence-corrected chi connectivity index (χ4v) is 5.86. The van der Waals surface area contributed by atoms with Crippen LogP contribution in [0.15, 0.2) is 42.9 Å². The molecule has 5 rings (SSSR count). The Morgan fingerprint density at radius 2 is 1.81 bits per heavy atom. The van der Waals surface area contributed by atoms with Crippen molar-refractivity contribution in [3.63, 3.8) is 0 Å². The number of ether oxygens (including phenoxy) is 5. The van der Waals surface area contributed by atoms with Crippen LogP contribution < -0.4 is 20.7 Å². The van der Waals surface area contributed by atoms with Crippen molar-refractivity contribution >= 4 is 40.4 Å². The Hall–Kier alpha value is -4.51. The molecule has 8 N–H and O–H groups in total. The standard InChI is InChI=1S/C33H45N7O13/c1-17(43)26(52-32(22(45)14-41)53-27-24-31(40(24)18(2)44)51-23(15-42)25(27)46)30(47)35-9-11-49-12-13-50-20-6-4-19(5-7-20)38-33(48)39-10-8-21-28(34-3)36-16-37-29(21)39/h4-8,10,16-17,22-27,31-32,41-43,45-46H,9,11-15H2,1-3H3,(H,35,47)(H,38,48)(H,34,36,37)/t17-,22-,23?,24?,25?,26?,27?,31?,32?,40?/m0/s1. The molecule has 290 valence electrons. The van der Waals surface area contributed by atoms with Gasteiger partial charge in [-0.25, -0.2) is 14.8 Å². The minimum Gasteiger partial charge on any atom is -0.491 e. The van der Waals surface area contributed by atoms with Crippen molar-refractivity contribution in [1.29, 1.82) is 0 Å². The molecule has 0 aliphatic carbocycles. The van der Waals surface area contributed by atoms with E-state index in [1.807, 2.05) is 0 Å². The molecular formula is C33H45N7O13. The van der Waals surface area contributed by atoms with Crippen LogP contribution in [0.2, 0.25) is 0 Å². The van der Waals surface area contributed by atoms with Gasteiger partial charge in [-0.05, 0) is 37.3 Å². The molecule has 1 aromatic carbocycles. The van der Waals surface area contributed by atoms with Crippen molar-refractivity contribution in [3.8, 4) is 5.75 Å². The topological polar surface area (TPSA) is 268 Å². The molecule has 0 spiro atoms. The number of aliphatic hydroxyl groups excluding tert-OH is 5. The fourth-order valence-electron chi connectivity index (χ4n) is 5.86. The molecule has 9 atom stereocenters. The van der Waals surface area contributed by atoms with Crippen LogP contribution in [0.5, 0.6) is 5.75 Å².